The van der Waals surface area contributed by atoms with Crippen LogP contribution in [0.25, 0.3) is 0 Å². The maximum absolute atomic E-state index is 13.6. The van der Waals surface area contributed by atoms with Gasteiger partial charge >= 0.3 is 6.01 Å². The maximum Gasteiger partial charge on any atom is 0.322 e. The van der Waals surface area contributed by atoms with Crippen LogP contribution in [0.15, 0.2) is 57.4 Å². The third kappa shape index (κ3) is 5.80. The Labute approximate surface area is 249 Å². The molecule has 3 aromatic rings. The first-order chi connectivity index (χ1) is 20.2. The SMILES string of the molecule is CCOc1nc(Cl)nc(Nc2ccc(S(=O)(=O)O)c(Nc3cc(S(=O)(=O)O)c(N)c4c3C(=O)C3=CCCC=C3C4=O)c2)n1. The zero-order chi connectivity index (χ0) is 31.3. The molecule has 0 fully saturated rings. The number of fused-ring (bicyclic) bond motifs is 2. The van der Waals surface area contributed by atoms with E-state index in [1.165, 1.54) is 12.1 Å². The minimum Gasteiger partial charge on any atom is -0.464 e. The van der Waals surface area contributed by atoms with Gasteiger partial charge in [0.1, 0.15) is 9.79 Å². The molecular weight excluding hydrogens is 628 g/mol. The summed E-state index contributed by atoms with van der Waals surface area (Å²) in [5, 5.41) is 5.19. The van der Waals surface area contributed by atoms with E-state index in [-0.39, 0.29) is 57.6 Å². The molecule has 1 heterocycles. The summed E-state index contributed by atoms with van der Waals surface area (Å²) in [5.41, 5.74) is 3.97. The van der Waals surface area contributed by atoms with E-state index in [1.807, 2.05) is 0 Å². The number of halogens is 1. The van der Waals surface area contributed by atoms with Crippen LogP contribution in [-0.4, -0.2) is 59.1 Å². The maximum atomic E-state index is 13.6. The van der Waals surface area contributed by atoms with Gasteiger partial charge in [-0.1, -0.05) is 12.2 Å². The largest absolute Gasteiger partial charge is 0.464 e. The summed E-state index contributed by atoms with van der Waals surface area (Å²) in [6, 6.07) is 4.10. The molecule has 0 aliphatic heterocycles. The molecule has 0 radical (unpaired) electrons. The molecule has 5 rings (SSSR count). The number of carbonyl (C=O) groups is 2. The molecule has 0 amide bonds. The van der Waals surface area contributed by atoms with Crippen molar-refractivity contribution in [3.63, 3.8) is 0 Å². The summed E-state index contributed by atoms with van der Waals surface area (Å²) in [4.78, 5) is 37.3. The van der Waals surface area contributed by atoms with Crippen molar-refractivity contribution < 1.29 is 40.3 Å². The Bertz CT molecular complexity index is 2010. The summed E-state index contributed by atoms with van der Waals surface area (Å²) >= 11 is 5.93. The fourth-order valence-corrected chi connectivity index (χ4v) is 6.04. The van der Waals surface area contributed by atoms with Crippen LogP contribution >= 0.6 is 11.6 Å². The van der Waals surface area contributed by atoms with Crippen molar-refractivity contribution in [3.8, 4) is 6.01 Å². The second kappa shape index (κ2) is 11.0. The van der Waals surface area contributed by atoms with Crippen molar-refractivity contribution in [3.05, 3.63) is 64.0 Å². The van der Waals surface area contributed by atoms with Gasteiger partial charge in [-0.3, -0.25) is 18.7 Å². The number of ketones is 2. The molecule has 15 nitrogen and oxygen atoms in total. The second-order valence-corrected chi connectivity index (χ2v) is 12.2. The number of ether oxygens (including phenoxy) is 1. The zero-order valence-electron chi connectivity index (χ0n) is 22.0. The van der Waals surface area contributed by atoms with Gasteiger partial charge in [0.05, 0.1) is 34.8 Å². The van der Waals surface area contributed by atoms with Crippen molar-refractivity contribution >= 4 is 72.1 Å². The lowest BCUT2D eigenvalue weighted by molar-refractivity contribution is 0.0972. The van der Waals surface area contributed by atoms with E-state index in [4.69, 9.17) is 22.1 Å². The van der Waals surface area contributed by atoms with Gasteiger partial charge in [0, 0.05) is 16.8 Å². The van der Waals surface area contributed by atoms with Crippen LogP contribution in [0.2, 0.25) is 5.28 Å². The number of nitrogens with two attached hydrogens (primary N) is 1. The van der Waals surface area contributed by atoms with Crippen LogP contribution in [0.1, 0.15) is 40.5 Å². The number of hydrogen-bond donors (Lipinski definition) is 5. The van der Waals surface area contributed by atoms with Gasteiger partial charge in [-0.05, 0) is 55.6 Å². The Hall–Kier alpha value is -4.42. The van der Waals surface area contributed by atoms with Gasteiger partial charge in [-0.25, -0.2) is 0 Å². The number of rotatable bonds is 8. The van der Waals surface area contributed by atoms with E-state index < -0.39 is 52.8 Å². The van der Waals surface area contributed by atoms with E-state index in [9.17, 15) is 35.5 Å². The summed E-state index contributed by atoms with van der Waals surface area (Å²) < 4.78 is 74.1. The first kappa shape index (κ1) is 30.1. The van der Waals surface area contributed by atoms with Crippen LogP contribution in [0, 0.1) is 0 Å². The predicted molar refractivity (Wildman–Crippen MR) is 154 cm³/mol. The molecule has 0 atom stereocenters. The molecule has 1 aromatic heterocycles. The average molecular weight is 649 g/mol. The Morgan fingerprint density at radius 1 is 0.884 bits per heavy atom. The molecule has 0 spiro atoms. The highest BCUT2D eigenvalue weighted by Crippen LogP contribution is 2.43. The van der Waals surface area contributed by atoms with Crippen molar-refractivity contribution in [1.82, 2.24) is 15.0 Å². The molecule has 2 aromatic carbocycles. The number of carbonyl (C=O) groups excluding carboxylic acids is 2. The highest BCUT2D eigenvalue weighted by molar-refractivity contribution is 7.86. The van der Waals surface area contributed by atoms with Crippen LogP contribution in [0.5, 0.6) is 6.01 Å². The van der Waals surface area contributed by atoms with Gasteiger partial charge in [0.25, 0.3) is 20.2 Å². The highest BCUT2D eigenvalue weighted by atomic mass is 35.5. The number of allylic oxidation sites excluding steroid dienone is 4. The molecule has 0 unspecified atom stereocenters. The van der Waals surface area contributed by atoms with Crippen molar-refractivity contribution in [2.75, 3.05) is 23.0 Å². The van der Waals surface area contributed by atoms with Crippen LogP contribution < -0.4 is 21.1 Å². The number of aromatic nitrogens is 3. The fourth-order valence-electron chi connectivity index (χ4n) is 4.62. The number of anilines is 5. The second-order valence-electron chi connectivity index (χ2n) is 9.11. The first-order valence-electron chi connectivity index (χ1n) is 12.3. The first-order valence-corrected chi connectivity index (χ1v) is 15.6. The zero-order valence-corrected chi connectivity index (χ0v) is 24.3. The van der Waals surface area contributed by atoms with Gasteiger partial charge < -0.3 is 21.1 Å². The minimum atomic E-state index is -5.04. The molecular formula is C25H21ClN6O9S2. The van der Waals surface area contributed by atoms with E-state index in [2.05, 4.69) is 25.6 Å². The summed E-state index contributed by atoms with van der Waals surface area (Å²) in [6.07, 6.45) is 3.99. The van der Waals surface area contributed by atoms with Crippen LogP contribution in [-0.2, 0) is 20.2 Å². The molecule has 224 valence electrons. The van der Waals surface area contributed by atoms with E-state index in [0.717, 1.165) is 18.2 Å². The van der Waals surface area contributed by atoms with Crippen molar-refractivity contribution in [1.29, 1.82) is 0 Å². The Morgan fingerprint density at radius 3 is 2.12 bits per heavy atom. The Kier molecular flexibility index (Phi) is 7.69. The highest BCUT2D eigenvalue weighted by Gasteiger charge is 2.39. The molecule has 6 N–H and O–H groups in total. The molecule has 2 aliphatic rings. The fraction of sp³-hybridized carbons (Fsp3) is 0.160. The quantitative estimate of drug-likeness (QED) is 0.173. The van der Waals surface area contributed by atoms with Crippen molar-refractivity contribution in [2.45, 2.75) is 29.6 Å². The molecule has 18 heteroatoms. The Balaban J connectivity index is 1.69. The smallest absolute Gasteiger partial charge is 0.322 e. The van der Waals surface area contributed by atoms with E-state index in [1.54, 1.807) is 13.0 Å². The lowest BCUT2D eigenvalue weighted by Gasteiger charge is -2.26. The lowest BCUT2D eigenvalue weighted by atomic mass is 9.78. The van der Waals surface area contributed by atoms with Gasteiger partial charge in [0.15, 0.2) is 11.6 Å². The van der Waals surface area contributed by atoms with E-state index in [0.29, 0.717) is 12.8 Å². The topological polar surface area (TPSA) is 241 Å². The molecule has 2 aliphatic carbocycles. The third-order valence-electron chi connectivity index (χ3n) is 6.35. The van der Waals surface area contributed by atoms with Gasteiger partial charge in [0.2, 0.25) is 11.2 Å². The van der Waals surface area contributed by atoms with Crippen LogP contribution in [0.3, 0.4) is 0 Å². The molecule has 0 saturated heterocycles. The lowest BCUT2D eigenvalue weighted by Crippen LogP contribution is -2.27. The average Bonchev–Trinajstić information content (AvgIpc) is 2.91. The molecule has 0 bridgehead atoms. The Morgan fingerprint density at radius 2 is 1.51 bits per heavy atom. The van der Waals surface area contributed by atoms with Crippen LogP contribution in [0.4, 0.5) is 28.7 Å². The number of Topliss-reactive ketones (excluding diaryl/α,β-unsaturated/α-hetero) is 2. The summed E-state index contributed by atoms with van der Waals surface area (Å²) in [5.74, 6) is -1.55. The minimum absolute atomic E-state index is 0.0288. The van der Waals surface area contributed by atoms with Crippen molar-refractivity contribution in [2.24, 2.45) is 0 Å². The number of nitrogen functional groups attached to an aromatic ring is 1. The summed E-state index contributed by atoms with van der Waals surface area (Å²) in [6.45, 7) is 1.92. The monoisotopic (exact) mass is 648 g/mol. The number of nitrogens with one attached hydrogen (secondary N) is 2. The number of benzene rings is 2. The number of nitrogens with zero attached hydrogens (tertiary/aromatic N) is 3. The molecule has 43 heavy (non-hydrogen) atoms. The predicted octanol–water partition coefficient (Wildman–Crippen LogP) is 3.51. The van der Waals surface area contributed by atoms with E-state index >= 15 is 0 Å². The normalized spacial score (nSPS) is 14.8. The molecule has 0 saturated carbocycles. The third-order valence-corrected chi connectivity index (χ3v) is 8.32. The number of hydrogen-bond acceptors (Lipinski definition) is 13. The van der Waals surface area contributed by atoms with Gasteiger partial charge in [-0.2, -0.15) is 31.8 Å². The summed E-state index contributed by atoms with van der Waals surface area (Å²) in [7, 11) is -9.95. The standard InChI is InChI=1S/C25H21ClN6O9S2/c1-2-41-25-31-23(26)30-24(32-25)28-11-7-8-16(42(35,36)37)14(9-11)29-15-10-17(43(38,39)40)20(27)19-18(15)21(33)12-5-3-4-6-13(12)22(19)34/h5-10,29H,2-4,27H2,1H3,(H,35,36,37)(H,38,39,40)(H,28,30,31,32). The van der Waals surface area contributed by atoms with Gasteiger partial charge in [-0.15, -0.1) is 0 Å².